The van der Waals surface area contributed by atoms with Crippen LogP contribution in [0, 0.1) is 5.82 Å². The number of halogens is 2. The van der Waals surface area contributed by atoms with Crippen molar-refractivity contribution in [2.75, 3.05) is 0 Å². The molecule has 1 aromatic carbocycles. The van der Waals surface area contributed by atoms with Gasteiger partial charge in [0.25, 0.3) is 5.91 Å². The number of sulfonamides is 1. The van der Waals surface area contributed by atoms with Gasteiger partial charge in [0.1, 0.15) is 5.82 Å². The quantitative estimate of drug-likeness (QED) is 0.822. The molecule has 0 saturated carbocycles. The average Bonchev–Trinajstić information content (AvgIpc) is 2.25. The fourth-order valence-corrected chi connectivity index (χ4v) is 3.59. The van der Waals surface area contributed by atoms with Crippen LogP contribution in [0.15, 0.2) is 21.5 Å². The van der Waals surface area contributed by atoms with E-state index in [0.717, 1.165) is 18.6 Å². The van der Waals surface area contributed by atoms with Crippen molar-refractivity contribution in [2.45, 2.75) is 44.0 Å². The molecule has 0 bridgehead atoms. The van der Waals surface area contributed by atoms with Gasteiger partial charge in [0.05, 0.1) is 10.5 Å². The third-order valence-corrected chi connectivity index (χ3v) is 4.77. The van der Waals surface area contributed by atoms with Crippen LogP contribution < -0.4 is 10.5 Å². The Hall–Kier alpha value is -0.990. The predicted octanol–water partition coefficient (Wildman–Crippen LogP) is 2.54. The second kappa shape index (κ2) is 6.41. The van der Waals surface area contributed by atoms with Crippen LogP contribution in [0.5, 0.6) is 0 Å². The van der Waals surface area contributed by atoms with Crippen molar-refractivity contribution in [3.8, 4) is 0 Å². The Morgan fingerprint density at radius 1 is 1.43 bits per heavy atom. The molecule has 0 aliphatic heterocycles. The maximum atomic E-state index is 13.9. The highest BCUT2D eigenvalue weighted by molar-refractivity contribution is 9.10. The number of nitrogens with two attached hydrogens (primary N) is 1. The first-order valence-corrected chi connectivity index (χ1v) is 8.66. The minimum absolute atomic E-state index is 0.0214. The fraction of sp³-hybridized carbons (Fsp3) is 0.462. The van der Waals surface area contributed by atoms with Crippen LogP contribution in [0.1, 0.15) is 44.0 Å². The van der Waals surface area contributed by atoms with Gasteiger partial charge in [-0.1, -0.05) is 13.3 Å². The molecular formula is C13H18BrFN2O3S. The van der Waals surface area contributed by atoms with Gasteiger partial charge in [0.15, 0.2) is 0 Å². The molecule has 1 amide bonds. The molecule has 0 radical (unpaired) electrons. The summed E-state index contributed by atoms with van der Waals surface area (Å²) in [5, 5.41) is 7.72. The number of carbonyl (C=O) groups is 1. The van der Waals surface area contributed by atoms with Crippen LogP contribution in [-0.2, 0) is 10.0 Å². The molecule has 118 valence electrons. The normalized spacial score (nSPS) is 12.3. The van der Waals surface area contributed by atoms with Gasteiger partial charge in [-0.15, -0.1) is 0 Å². The molecule has 0 saturated heterocycles. The summed E-state index contributed by atoms with van der Waals surface area (Å²) in [6.45, 7) is 5.59. The third kappa shape index (κ3) is 4.76. The third-order valence-electron chi connectivity index (χ3n) is 2.90. The van der Waals surface area contributed by atoms with Crippen molar-refractivity contribution >= 4 is 31.9 Å². The molecule has 5 nitrogen and oxygen atoms in total. The zero-order valence-corrected chi connectivity index (χ0v) is 14.4. The van der Waals surface area contributed by atoms with Crippen LogP contribution in [0.4, 0.5) is 4.39 Å². The number of carbonyl (C=O) groups excluding carboxylic acids is 1. The van der Waals surface area contributed by atoms with E-state index in [-0.39, 0.29) is 14.9 Å². The van der Waals surface area contributed by atoms with E-state index in [1.165, 1.54) is 0 Å². The summed E-state index contributed by atoms with van der Waals surface area (Å²) in [6.07, 6.45) is 1.55. The molecule has 3 N–H and O–H groups in total. The van der Waals surface area contributed by atoms with Gasteiger partial charge in [-0.05, 0) is 48.3 Å². The molecule has 0 aliphatic carbocycles. The van der Waals surface area contributed by atoms with E-state index in [0.29, 0.717) is 6.42 Å². The second-order valence-corrected chi connectivity index (χ2v) is 7.78. The molecule has 0 aromatic heterocycles. The number of hydrogen-bond donors (Lipinski definition) is 2. The zero-order chi connectivity index (χ0) is 16.4. The Morgan fingerprint density at radius 2 is 2.00 bits per heavy atom. The van der Waals surface area contributed by atoms with Gasteiger partial charge in [0.2, 0.25) is 10.0 Å². The SMILES string of the molecule is CCCC(C)(C)NC(=O)c1cc(S(N)(=O)=O)c(Br)cc1F. The first-order chi connectivity index (χ1) is 9.48. The number of benzene rings is 1. The topological polar surface area (TPSA) is 89.3 Å². The summed E-state index contributed by atoms with van der Waals surface area (Å²) in [6, 6.07) is 1.85. The van der Waals surface area contributed by atoms with E-state index in [4.69, 9.17) is 5.14 Å². The number of hydrogen-bond acceptors (Lipinski definition) is 3. The van der Waals surface area contributed by atoms with Crippen molar-refractivity contribution in [3.63, 3.8) is 0 Å². The van der Waals surface area contributed by atoms with Crippen molar-refractivity contribution in [3.05, 3.63) is 28.0 Å². The molecule has 0 unspecified atom stereocenters. The largest absolute Gasteiger partial charge is 0.347 e. The van der Waals surface area contributed by atoms with Crippen molar-refractivity contribution in [2.24, 2.45) is 5.14 Å². The zero-order valence-electron chi connectivity index (χ0n) is 12.0. The number of primary sulfonamides is 1. The van der Waals surface area contributed by atoms with E-state index >= 15 is 0 Å². The Labute approximate surface area is 132 Å². The van der Waals surface area contributed by atoms with Gasteiger partial charge in [-0.25, -0.2) is 17.9 Å². The van der Waals surface area contributed by atoms with Gasteiger partial charge < -0.3 is 5.32 Å². The fourth-order valence-electron chi connectivity index (χ4n) is 1.98. The summed E-state index contributed by atoms with van der Waals surface area (Å²) in [5.41, 5.74) is -0.876. The van der Waals surface area contributed by atoms with Gasteiger partial charge in [-0.2, -0.15) is 0 Å². The second-order valence-electron chi connectivity index (χ2n) is 5.40. The molecule has 0 atom stereocenters. The van der Waals surface area contributed by atoms with Gasteiger partial charge in [-0.3, -0.25) is 4.79 Å². The number of rotatable bonds is 5. The van der Waals surface area contributed by atoms with Gasteiger partial charge >= 0.3 is 0 Å². The lowest BCUT2D eigenvalue weighted by atomic mass is 9.98. The molecule has 1 rings (SSSR count). The van der Waals surface area contributed by atoms with Crippen LogP contribution in [0.25, 0.3) is 0 Å². The van der Waals surface area contributed by atoms with Crippen molar-refractivity contribution in [1.82, 2.24) is 5.32 Å². The Kier molecular flexibility index (Phi) is 5.51. The molecule has 0 spiro atoms. The maximum absolute atomic E-state index is 13.9. The lowest BCUT2D eigenvalue weighted by Crippen LogP contribution is -2.43. The van der Waals surface area contributed by atoms with Crippen LogP contribution in [0.2, 0.25) is 0 Å². The maximum Gasteiger partial charge on any atom is 0.254 e. The van der Waals surface area contributed by atoms with E-state index < -0.39 is 27.3 Å². The summed E-state index contributed by atoms with van der Waals surface area (Å²) >= 11 is 2.92. The smallest absolute Gasteiger partial charge is 0.254 e. The average molecular weight is 381 g/mol. The molecule has 0 fully saturated rings. The van der Waals surface area contributed by atoms with E-state index in [1.807, 2.05) is 20.8 Å². The molecular weight excluding hydrogens is 363 g/mol. The highest BCUT2D eigenvalue weighted by Gasteiger charge is 2.24. The summed E-state index contributed by atoms with van der Waals surface area (Å²) in [5.74, 6) is -1.50. The van der Waals surface area contributed by atoms with Crippen molar-refractivity contribution < 1.29 is 17.6 Å². The predicted molar refractivity (Wildman–Crippen MR) is 81.9 cm³/mol. The van der Waals surface area contributed by atoms with Crippen LogP contribution in [0.3, 0.4) is 0 Å². The standard InChI is InChI=1S/C13H18BrFN2O3S/c1-4-5-13(2,3)17-12(18)8-6-11(21(16,19)20)9(14)7-10(8)15/h6-7H,4-5H2,1-3H3,(H,17,18)(H2,16,19,20). The minimum Gasteiger partial charge on any atom is -0.347 e. The Balaban J connectivity index is 3.22. The Bertz CT molecular complexity index is 660. The van der Waals surface area contributed by atoms with E-state index in [1.54, 1.807) is 0 Å². The molecule has 1 aromatic rings. The molecule has 0 heterocycles. The first kappa shape index (κ1) is 18.1. The molecule has 8 heteroatoms. The Morgan fingerprint density at radius 3 is 2.48 bits per heavy atom. The summed E-state index contributed by atoms with van der Waals surface area (Å²) in [4.78, 5) is 11.8. The number of nitrogens with one attached hydrogen (secondary N) is 1. The monoisotopic (exact) mass is 380 g/mol. The highest BCUT2D eigenvalue weighted by atomic mass is 79.9. The van der Waals surface area contributed by atoms with Gasteiger partial charge in [0, 0.05) is 10.0 Å². The van der Waals surface area contributed by atoms with Crippen LogP contribution in [-0.4, -0.2) is 19.9 Å². The summed E-state index contributed by atoms with van der Waals surface area (Å²) < 4.78 is 36.7. The first-order valence-electron chi connectivity index (χ1n) is 6.32. The highest BCUT2D eigenvalue weighted by Crippen LogP contribution is 2.25. The van der Waals surface area contributed by atoms with E-state index in [9.17, 15) is 17.6 Å². The molecule has 21 heavy (non-hydrogen) atoms. The van der Waals surface area contributed by atoms with Crippen LogP contribution >= 0.6 is 15.9 Å². The minimum atomic E-state index is -4.05. The lowest BCUT2D eigenvalue weighted by Gasteiger charge is -2.26. The lowest BCUT2D eigenvalue weighted by molar-refractivity contribution is 0.0904. The molecule has 0 aliphatic rings. The number of amides is 1. The van der Waals surface area contributed by atoms with E-state index in [2.05, 4.69) is 21.2 Å². The van der Waals surface area contributed by atoms with Crippen molar-refractivity contribution in [1.29, 1.82) is 0 Å². The summed E-state index contributed by atoms with van der Waals surface area (Å²) in [7, 11) is -4.05.